The number of nitrogens with two attached hydrogens (primary N) is 1. The van der Waals surface area contributed by atoms with Crippen molar-refractivity contribution in [1.29, 1.82) is 0 Å². The van der Waals surface area contributed by atoms with Crippen LogP contribution in [0, 0.1) is 0 Å². The van der Waals surface area contributed by atoms with E-state index in [1.807, 2.05) is 26.8 Å². The number of hydrogen-bond donors (Lipinski definition) is 1. The highest BCUT2D eigenvalue weighted by Gasteiger charge is 2.29. The van der Waals surface area contributed by atoms with Gasteiger partial charge in [0, 0.05) is 12.1 Å². The molecule has 0 spiro atoms. The third-order valence-electron chi connectivity index (χ3n) is 2.76. The fraction of sp³-hybridized carbons (Fsp3) is 0.462. The number of halogens is 1. The molecule has 1 aliphatic heterocycles. The zero-order chi connectivity index (χ0) is 13.5. The van der Waals surface area contributed by atoms with Crippen molar-refractivity contribution in [2.24, 2.45) is 0 Å². The summed E-state index contributed by atoms with van der Waals surface area (Å²) in [7, 11) is 0. The van der Waals surface area contributed by atoms with Crippen molar-refractivity contribution in [3.05, 3.63) is 28.3 Å². The van der Waals surface area contributed by atoms with Gasteiger partial charge in [0.15, 0.2) is 0 Å². The molecule has 1 amide bonds. The summed E-state index contributed by atoms with van der Waals surface area (Å²) in [5, 5.41) is 0.528. The molecule has 0 saturated carbocycles. The normalized spacial score (nSPS) is 14.6. The number of carbonyl (C=O) groups excluding carboxylic acids is 1. The standard InChI is InChI=1S/C13H17ClN2O2/c1-13(2,3)18-12(17)16-6-8-4-5-10(14)11(15)9(8)7-16/h4-5H,6-7,15H2,1-3H3. The van der Waals surface area contributed by atoms with E-state index < -0.39 is 5.60 Å². The monoisotopic (exact) mass is 268 g/mol. The van der Waals surface area contributed by atoms with Crippen molar-refractivity contribution < 1.29 is 9.53 Å². The molecule has 0 aromatic heterocycles. The first-order chi connectivity index (χ1) is 8.28. The van der Waals surface area contributed by atoms with Crippen LogP contribution in [-0.4, -0.2) is 16.6 Å². The predicted molar refractivity (Wildman–Crippen MR) is 71.3 cm³/mol. The Balaban J connectivity index is 2.15. The molecule has 0 bridgehead atoms. The van der Waals surface area contributed by atoms with Gasteiger partial charge < -0.3 is 10.5 Å². The molecule has 0 aliphatic carbocycles. The van der Waals surface area contributed by atoms with Gasteiger partial charge in [0.05, 0.1) is 17.3 Å². The van der Waals surface area contributed by atoms with E-state index in [0.717, 1.165) is 11.1 Å². The highest BCUT2D eigenvalue weighted by Crippen LogP contribution is 2.33. The highest BCUT2D eigenvalue weighted by molar-refractivity contribution is 6.33. The summed E-state index contributed by atoms with van der Waals surface area (Å²) in [6.07, 6.45) is -0.325. The first-order valence-corrected chi connectivity index (χ1v) is 6.19. The van der Waals surface area contributed by atoms with E-state index >= 15 is 0 Å². The Kier molecular flexibility index (Phi) is 3.15. The molecular weight excluding hydrogens is 252 g/mol. The summed E-state index contributed by atoms with van der Waals surface area (Å²) in [6, 6.07) is 3.66. The van der Waals surface area contributed by atoms with Crippen molar-refractivity contribution in [2.75, 3.05) is 5.73 Å². The summed E-state index contributed by atoms with van der Waals surface area (Å²) >= 11 is 5.97. The van der Waals surface area contributed by atoms with Crippen LogP contribution in [0.1, 0.15) is 31.9 Å². The van der Waals surface area contributed by atoms with Crippen LogP contribution in [0.2, 0.25) is 5.02 Å². The molecule has 0 atom stereocenters. The third-order valence-corrected chi connectivity index (χ3v) is 3.09. The van der Waals surface area contributed by atoms with E-state index in [1.165, 1.54) is 0 Å². The summed E-state index contributed by atoms with van der Waals surface area (Å²) in [5.74, 6) is 0. The number of nitrogen functional groups attached to an aromatic ring is 1. The van der Waals surface area contributed by atoms with Crippen LogP contribution in [0.5, 0.6) is 0 Å². The Hall–Kier alpha value is -1.42. The van der Waals surface area contributed by atoms with Gasteiger partial charge >= 0.3 is 6.09 Å². The van der Waals surface area contributed by atoms with Gasteiger partial charge in [-0.1, -0.05) is 17.7 Å². The molecule has 0 saturated heterocycles. The van der Waals surface area contributed by atoms with E-state index in [0.29, 0.717) is 23.8 Å². The maximum atomic E-state index is 12.0. The molecule has 2 N–H and O–H groups in total. The Morgan fingerprint density at radius 2 is 2.06 bits per heavy atom. The second kappa shape index (κ2) is 4.35. The van der Waals surface area contributed by atoms with Crippen LogP contribution in [0.25, 0.3) is 0 Å². The Bertz CT molecular complexity index is 494. The van der Waals surface area contributed by atoms with Crippen molar-refractivity contribution in [3.63, 3.8) is 0 Å². The summed E-state index contributed by atoms with van der Waals surface area (Å²) in [5.41, 5.74) is 7.93. The van der Waals surface area contributed by atoms with Gasteiger partial charge in [-0.25, -0.2) is 4.79 Å². The molecule has 1 heterocycles. The molecule has 5 heteroatoms. The summed E-state index contributed by atoms with van der Waals surface area (Å²) in [4.78, 5) is 13.6. The molecular formula is C13H17ClN2O2. The lowest BCUT2D eigenvalue weighted by Crippen LogP contribution is -2.33. The van der Waals surface area contributed by atoms with Crippen molar-refractivity contribution in [3.8, 4) is 0 Å². The molecule has 1 aromatic carbocycles. The minimum Gasteiger partial charge on any atom is -0.444 e. The molecule has 98 valence electrons. The molecule has 4 nitrogen and oxygen atoms in total. The van der Waals surface area contributed by atoms with E-state index in [9.17, 15) is 4.79 Å². The second-order valence-electron chi connectivity index (χ2n) is 5.44. The van der Waals surface area contributed by atoms with Crippen molar-refractivity contribution >= 4 is 23.4 Å². The third kappa shape index (κ3) is 2.53. The van der Waals surface area contributed by atoms with Gasteiger partial charge in [0.1, 0.15) is 5.60 Å². The smallest absolute Gasteiger partial charge is 0.410 e. The number of anilines is 1. The van der Waals surface area contributed by atoms with Crippen LogP contribution >= 0.6 is 11.6 Å². The van der Waals surface area contributed by atoms with Gasteiger partial charge in [-0.15, -0.1) is 0 Å². The van der Waals surface area contributed by atoms with Gasteiger partial charge in [0.25, 0.3) is 0 Å². The van der Waals surface area contributed by atoms with Crippen LogP contribution in [-0.2, 0) is 17.8 Å². The molecule has 18 heavy (non-hydrogen) atoms. The number of nitrogens with zero attached hydrogens (tertiary/aromatic N) is 1. The zero-order valence-electron chi connectivity index (χ0n) is 10.8. The summed E-state index contributed by atoms with van der Waals surface area (Å²) in [6.45, 7) is 6.51. The molecule has 1 aliphatic rings. The van der Waals surface area contributed by atoms with Crippen LogP contribution in [0.3, 0.4) is 0 Å². The Labute approximate surface area is 112 Å². The number of rotatable bonds is 0. The maximum Gasteiger partial charge on any atom is 0.410 e. The van der Waals surface area contributed by atoms with Gasteiger partial charge in [0.2, 0.25) is 0 Å². The largest absolute Gasteiger partial charge is 0.444 e. The van der Waals surface area contributed by atoms with Crippen molar-refractivity contribution in [2.45, 2.75) is 39.5 Å². The van der Waals surface area contributed by atoms with Gasteiger partial charge in [-0.3, -0.25) is 4.90 Å². The first kappa shape index (κ1) is 13.0. The number of ether oxygens (including phenoxy) is 1. The predicted octanol–water partition coefficient (Wildman–Crippen LogP) is 3.17. The first-order valence-electron chi connectivity index (χ1n) is 5.81. The summed E-state index contributed by atoms with van der Waals surface area (Å²) < 4.78 is 5.34. The Morgan fingerprint density at radius 3 is 2.67 bits per heavy atom. The van der Waals surface area contributed by atoms with Gasteiger partial charge in [-0.05, 0) is 32.4 Å². The minimum atomic E-state index is -0.491. The number of amides is 1. The zero-order valence-corrected chi connectivity index (χ0v) is 11.5. The average Bonchev–Trinajstić information content (AvgIpc) is 2.66. The van der Waals surface area contributed by atoms with E-state index in [-0.39, 0.29) is 6.09 Å². The average molecular weight is 269 g/mol. The maximum absolute atomic E-state index is 12.0. The molecule has 0 radical (unpaired) electrons. The fourth-order valence-corrected chi connectivity index (χ4v) is 2.10. The second-order valence-corrected chi connectivity index (χ2v) is 5.84. The molecule has 0 fully saturated rings. The fourth-order valence-electron chi connectivity index (χ4n) is 1.92. The quantitative estimate of drug-likeness (QED) is 0.735. The van der Waals surface area contributed by atoms with E-state index in [4.69, 9.17) is 22.1 Å². The lowest BCUT2D eigenvalue weighted by atomic mass is 10.1. The van der Waals surface area contributed by atoms with Crippen LogP contribution in [0.15, 0.2) is 12.1 Å². The number of hydrogen-bond acceptors (Lipinski definition) is 3. The number of benzene rings is 1. The van der Waals surface area contributed by atoms with Crippen molar-refractivity contribution in [1.82, 2.24) is 4.90 Å². The molecule has 0 unspecified atom stereocenters. The minimum absolute atomic E-state index is 0.325. The number of carbonyl (C=O) groups is 1. The van der Waals surface area contributed by atoms with Gasteiger partial charge in [-0.2, -0.15) is 0 Å². The van der Waals surface area contributed by atoms with E-state index in [1.54, 1.807) is 11.0 Å². The Morgan fingerprint density at radius 1 is 1.39 bits per heavy atom. The molecule has 1 aromatic rings. The SMILES string of the molecule is CC(C)(C)OC(=O)N1Cc2ccc(Cl)c(N)c2C1. The molecule has 2 rings (SSSR count). The lowest BCUT2D eigenvalue weighted by molar-refractivity contribution is 0.0242. The van der Waals surface area contributed by atoms with Crippen LogP contribution in [0.4, 0.5) is 10.5 Å². The number of fused-ring (bicyclic) bond motifs is 1. The van der Waals surface area contributed by atoms with Crippen LogP contribution < -0.4 is 5.73 Å². The topological polar surface area (TPSA) is 55.6 Å². The highest BCUT2D eigenvalue weighted by atomic mass is 35.5. The van der Waals surface area contributed by atoms with E-state index in [2.05, 4.69) is 0 Å². The lowest BCUT2D eigenvalue weighted by Gasteiger charge is -2.24.